The number of carbonyl (C=O) groups is 1. The molecule has 6 heteroatoms. The first-order valence-electron chi connectivity index (χ1n) is 6.57. The summed E-state index contributed by atoms with van der Waals surface area (Å²) in [5.74, 6) is 1.84. The van der Waals surface area contributed by atoms with Crippen LogP contribution in [0.15, 0.2) is 0 Å². The van der Waals surface area contributed by atoms with Gasteiger partial charge in [-0.15, -0.1) is 0 Å². The van der Waals surface area contributed by atoms with Crippen molar-refractivity contribution in [1.82, 2.24) is 9.97 Å². The van der Waals surface area contributed by atoms with Gasteiger partial charge < -0.3 is 15.4 Å². The molecule has 1 aromatic heterocycles. The van der Waals surface area contributed by atoms with E-state index in [-0.39, 0.29) is 12.5 Å². The number of hydrogen-bond acceptors (Lipinski definition) is 6. The number of carbonyl (C=O) groups excluding carboxylic acids is 1. The maximum Gasteiger partial charge on any atom is 0.325 e. The van der Waals surface area contributed by atoms with Crippen LogP contribution in [0, 0.1) is 13.8 Å². The third-order valence-corrected chi connectivity index (χ3v) is 2.51. The summed E-state index contributed by atoms with van der Waals surface area (Å²) in [5, 5.41) is 6.24. The number of hydrogen-bond donors (Lipinski definition) is 2. The predicted molar refractivity (Wildman–Crippen MR) is 75.4 cm³/mol. The van der Waals surface area contributed by atoms with Crippen molar-refractivity contribution >= 4 is 17.6 Å². The van der Waals surface area contributed by atoms with E-state index in [0.717, 1.165) is 24.3 Å². The predicted octanol–water partition coefficient (Wildman–Crippen LogP) is 1.89. The number of aromatic nitrogens is 2. The number of nitrogens with zero attached hydrogens (tertiary/aromatic N) is 2. The Morgan fingerprint density at radius 3 is 2.37 bits per heavy atom. The van der Waals surface area contributed by atoms with Gasteiger partial charge in [0.25, 0.3) is 0 Å². The van der Waals surface area contributed by atoms with E-state index in [2.05, 4.69) is 27.5 Å². The maximum absolute atomic E-state index is 11.3. The molecule has 0 unspecified atom stereocenters. The molecule has 0 saturated heterocycles. The van der Waals surface area contributed by atoms with E-state index in [1.54, 1.807) is 6.92 Å². The third kappa shape index (κ3) is 4.73. The van der Waals surface area contributed by atoms with Gasteiger partial charge in [-0.05, 0) is 27.2 Å². The van der Waals surface area contributed by atoms with Gasteiger partial charge in [0, 0.05) is 12.1 Å². The number of aryl methyl sites for hydroxylation is 1. The van der Waals surface area contributed by atoms with E-state index < -0.39 is 0 Å². The SMILES string of the molecule is CCCNc1nc(C)nc(NCC(=O)OCC)c1C. The fourth-order valence-electron chi connectivity index (χ4n) is 1.58. The van der Waals surface area contributed by atoms with Gasteiger partial charge in [-0.3, -0.25) is 4.79 Å². The second kappa shape index (κ2) is 7.56. The largest absolute Gasteiger partial charge is 0.465 e. The number of rotatable bonds is 7. The van der Waals surface area contributed by atoms with Crippen LogP contribution < -0.4 is 10.6 Å². The van der Waals surface area contributed by atoms with Crippen molar-refractivity contribution in [1.29, 1.82) is 0 Å². The highest BCUT2D eigenvalue weighted by atomic mass is 16.5. The van der Waals surface area contributed by atoms with E-state index in [0.29, 0.717) is 18.2 Å². The first-order chi connectivity index (χ1) is 9.08. The molecule has 0 fully saturated rings. The average Bonchev–Trinajstić information content (AvgIpc) is 2.38. The van der Waals surface area contributed by atoms with E-state index in [1.807, 2.05) is 13.8 Å². The van der Waals surface area contributed by atoms with Gasteiger partial charge in [0.15, 0.2) is 0 Å². The molecular formula is C13H22N4O2. The van der Waals surface area contributed by atoms with E-state index in [9.17, 15) is 4.79 Å². The van der Waals surface area contributed by atoms with E-state index in [4.69, 9.17) is 4.74 Å². The second-order valence-electron chi connectivity index (χ2n) is 4.18. The lowest BCUT2D eigenvalue weighted by molar-refractivity contribution is -0.140. The van der Waals surface area contributed by atoms with Crippen LogP contribution in [0.4, 0.5) is 11.6 Å². The molecule has 0 radical (unpaired) electrons. The topological polar surface area (TPSA) is 76.1 Å². The van der Waals surface area contributed by atoms with Crippen LogP contribution in [-0.2, 0) is 9.53 Å². The van der Waals surface area contributed by atoms with Crippen LogP contribution in [0.5, 0.6) is 0 Å². The Hall–Kier alpha value is -1.85. The lowest BCUT2D eigenvalue weighted by Crippen LogP contribution is -2.19. The van der Waals surface area contributed by atoms with Gasteiger partial charge in [0.05, 0.1) is 6.61 Å². The maximum atomic E-state index is 11.3. The number of esters is 1. The molecule has 1 heterocycles. The third-order valence-electron chi connectivity index (χ3n) is 2.51. The first kappa shape index (κ1) is 15.2. The van der Waals surface area contributed by atoms with Crippen LogP contribution in [0.1, 0.15) is 31.7 Å². The zero-order chi connectivity index (χ0) is 14.3. The summed E-state index contributed by atoms with van der Waals surface area (Å²) in [6.07, 6.45) is 1.02. The monoisotopic (exact) mass is 266 g/mol. The highest BCUT2D eigenvalue weighted by Crippen LogP contribution is 2.19. The lowest BCUT2D eigenvalue weighted by Gasteiger charge is -2.13. The standard InChI is InChI=1S/C13H22N4O2/c1-5-7-14-12-9(3)13(17-10(4)16-12)15-8-11(18)19-6-2/h5-8H2,1-4H3,(H2,14,15,16,17). The quantitative estimate of drug-likeness (QED) is 0.734. The number of anilines is 2. The Balaban J connectivity index is 2.76. The Morgan fingerprint density at radius 1 is 1.16 bits per heavy atom. The smallest absolute Gasteiger partial charge is 0.325 e. The van der Waals surface area contributed by atoms with Crippen LogP contribution in [0.25, 0.3) is 0 Å². The molecule has 0 aliphatic carbocycles. The minimum atomic E-state index is -0.291. The minimum absolute atomic E-state index is 0.109. The summed E-state index contributed by atoms with van der Waals surface area (Å²) >= 11 is 0. The van der Waals surface area contributed by atoms with Crippen LogP contribution in [-0.4, -0.2) is 35.6 Å². The zero-order valence-corrected chi connectivity index (χ0v) is 12.0. The zero-order valence-electron chi connectivity index (χ0n) is 12.0. The van der Waals surface area contributed by atoms with Gasteiger partial charge in [0.2, 0.25) is 0 Å². The van der Waals surface area contributed by atoms with Crippen LogP contribution in [0.2, 0.25) is 0 Å². The molecule has 1 rings (SSSR count). The molecule has 1 aromatic rings. The summed E-state index contributed by atoms with van der Waals surface area (Å²) in [6.45, 7) is 8.97. The molecular weight excluding hydrogens is 244 g/mol. The highest BCUT2D eigenvalue weighted by Gasteiger charge is 2.10. The molecule has 6 nitrogen and oxygen atoms in total. The molecule has 0 amide bonds. The fourth-order valence-corrected chi connectivity index (χ4v) is 1.58. The van der Waals surface area contributed by atoms with Crippen molar-refractivity contribution < 1.29 is 9.53 Å². The van der Waals surface area contributed by atoms with Gasteiger partial charge in [0.1, 0.15) is 24.0 Å². The van der Waals surface area contributed by atoms with Crippen molar-refractivity contribution in [2.24, 2.45) is 0 Å². The Kier molecular flexibility index (Phi) is 6.05. The van der Waals surface area contributed by atoms with Crippen molar-refractivity contribution in [2.45, 2.75) is 34.1 Å². The summed E-state index contributed by atoms with van der Waals surface area (Å²) in [5.41, 5.74) is 0.906. The van der Waals surface area contributed by atoms with Gasteiger partial charge in [-0.2, -0.15) is 0 Å². The molecule has 106 valence electrons. The van der Waals surface area contributed by atoms with Crippen molar-refractivity contribution in [2.75, 3.05) is 30.3 Å². The van der Waals surface area contributed by atoms with Crippen molar-refractivity contribution in [3.63, 3.8) is 0 Å². The van der Waals surface area contributed by atoms with Crippen molar-refractivity contribution in [3.05, 3.63) is 11.4 Å². The molecule has 0 bridgehead atoms. The van der Waals surface area contributed by atoms with Crippen LogP contribution in [0.3, 0.4) is 0 Å². The Morgan fingerprint density at radius 2 is 1.79 bits per heavy atom. The van der Waals surface area contributed by atoms with Gasteiger partial charge in [-0.1, -0.05) is 6.92 Å². The second-order valence-corrected chi connectivity index (χ2v) is 4.18. The summed E-state index contributed by atoms with van der Waals surface area (Å²) in [4.78, 5) is 20.0. The molecule has 0 saturated carbocycles. The number of ether oxygens (including phenoxy) is 1. The van der Waals surface area contributed by atoms with E-state index in [1.165, 1.54) is 0 Å². The highest BCUT2D eigenvalue weighted by molar-refractivity contribution is 5.75. The summed E-state index contributed by atoms with van der Waals surface area (Å²) < 4.78 is 4.87. The molecule has 0 spiro atoms. The minimum Gasteiger partial charge on any atom is -0.465 e. The number of nitrogens with one attached hydrogen (secondary N) is 2. The lowest BCUT2D eigenvalue weighted by atomic mass is 10.3. The molecule has 0 atom stereocenters. The molecule has 19 heavy (non-hydrogen) atoms. The molecule has 0 aliphatic rings. The van der Waals surface area contributed by atoms with Crippen molar-refractivity contribution in [3.8, 4) is 0 Å². The molecule has 2 N–H and O–H groups in total. The Bertz CT molecular complexity index is 435. The van der Waals surface area contributed by atoms with E-state index >= 15 is 0 Å². The van der Waals surface area contributed by atoms with Crippen LogP contribution >= 0.6 is 0 Å². The van der Waals surface area contributed by atoms with Gasteiger partial charge in [-0.25, -0.2) is 9.97 Å². The first-order valence-corrected chi connectivity index (χ1v) is 6.57. The summed E-state index contributed by atoms with van der Waals surface area (Å²) in [6, 6.07) is 0. The molecule has 0 aromatic carbocycles. The van der Waals surface area contributed by atoms with Gasteiger partial charge >= 0.3 is 5.97 Å². The normalized spacial score (nSPS) is 10.1. The Labute approximate surface area is 114 Å². The molecule has 0 aliphatic heterocycles. The average molecular weight is 266 g/mol. The summed E-state index contributed by atoms with van der Waals surface area (Å²) in [7, 11) is 0. The fraction of sp³-hybridized carbons (Fsp3) is 0.615.